The molecule has 2 aromatic rings. The molecule has 0 saturated carbocycles. The zero-order chi connectivity index (χ0) is 18.7. The van der Waals surface area contributed by atoms with Crippen LogP contribution in [0.15, 0.2) is 42.2 Å². The summed E-state index contributed by atoms with van der Waals surface area (Å²) in [6, 6.07) is 4.56. The molecule has 1 aliphatic rings. The number of carbonyl (C=O) groups excluding carboxylic acids is 1. The Morgan fingerprint density at radius 3 is 2.85 bits per heavy atom. The summed E-state index contributed by atoms with van der Waals surface area (Å²) < 4.78 is 0. The molecule has 0 unspecified atom stereocenters. The normalized spacial score (nSPS) is 14.6. The van der Waals surface area contributed by atoms with E-state index in [0.29, 0.717) is 35.6 Å². The number of hydrogen-bond donors (Lipinski definition) is 4. The SMILES string of the molecule is C/C=C(\NC1=CC(=O)NCC1)c1ccnc(-c2c(C)cc(O)cc2O)n1. The van der Waals surface area contributed by atoms with Crippen LogP contribution in [-0.4, -0.2) is 32.6 Å². The number of rotatable bonds is 4. The lowest BCUT2D eigenvalue weighted by Gasteiger charge is -2.18. The van der Waals surface area contributed by atoms with Gasteiger partial charge < -0.3 is 20.8 Å². The molecule has 0 saturated heterocycles. The molecule has 2 heterocycles. The van der Waals surface area contributed by atoms with Gasteiger partial charge in [-0.2, -0.15) is 0 Å². The standard InChI is InChI=1S/C19H20N4O3/c1-3-14(22-12-4-6-20-17(26)9-12)15-5-7-21-19(23-15)18-11(2)8-13(24)10-16(18)25/h3,5,7-10,22,24-25H,4,6H2,1-2H3,(H,20,26)/b14-3-. The molecule has 134 valence electrons. The van der Waals surface area contributed by atoms with E-state index in [1.54, 1.807) is 25.3 Å². The van der Waals surface area contributed by atoms with E-state index in [9.17, 15) is 15.0 Å². The summed E-state index contributed by atoms with van der Waals surface area (Å²) in [6.45, 7) is 4.23. The van der Waals surface area contributed by atoms with E-state index in [1.807, 2.05) is 13.0 Å². The van der Waals surface area contributed by atoms with Gasteiger partial charge in [-0.25, -0.2) is 9.97 Å². The molecule has 0 bridgehead atoms. The Morgan fingerprint density at radius 2 is 2.15 bits per heavy atom. The van der Waals surface area contributed by atoms with Crippen molar-refractivity contribution in [2.45, 2.75) is 20.3 Å². The van der Waals surface area contributed by atoms with Gasteiger partial charge in [-0.3, -0.25) is 4.79 Å². The van der Waals surface area contributed by atoms with E-state index in [0.717, 1.165) is 11.4 Å². The Labute approximate surface area is 151 Å². The van der Waals surface area contributed by atoms with E-state index in [1.165, 1.54) is 12.1 Å². The molecule has 0 atom stereocenters. The number of phenolic OH excluding ortho intramolecular Hbond substituents is 2. The first kappa shape index (κ1) is 17.5. The first-order valence-electron chi connectivity index (χ1n) is 8.26. The van der Waals surface area contributed by atoms with Gasteiger partial charge in [-0.1, -0.05) is 6.08 Å². The first-order chi connectivity index (χ1) is 12.5. The number of phenols is 2. The maximum absolute atomic E-state index is 11.5. The second-order valence-corrected chi connectivity index (χ2v) is 5.96. The number of aryl methyl sites for hydroxylation is 1. The molecule has 7 nitrogen and oxygen atoms in total. The fourth-order valence-corrected chi connectivity index (χ4v) is 2.83. The van der Waals surface area contributed by atoms with Gasteiger partial charge in [0.15, 0.2) is 5.82 Å². The highest BCUT2D eigenvalue weighted by molar-refractivity contribution is 5.89. The van der Waals surface area contributed by atoms with E-state index < -0.39 is 0 Å². The van der Waals surface area contributed by atoms with Crippen LogP contribution in [0.3, 0.4) is 0 Å². The van der Waals surface area contributed by atoms with Gasteiger partial charge in [-0.15, -0.1) is 0 Å². The summed E-state index contributed by atoms with van der Waals surface area (Å²) in [5.74, 6) is 0.135. The number of allylic oxidation sites excluding steroid dienone is 1. The molecule has 7 heteroatoms. The van der Waals surface area contributed by atoms with Crippen molar-refractivity contribution in [2.24, 2.45) is 0 Å². The quantitative estimate of drug-likeness (QED) is 0.672. The summed E-state index contributed by atoms with van der Waals surface area (Å²) >= 11 is 0. The summed E-state index contributed by atoms with van der Waals surface area (Å²) in [6.07, 6.45) is 5.71. The van der Waals surface area contributed by atoms with Crippen molar-refractivity contribution in [1.29, 1.82) is 0 Å². The topological polar surface area (TPSA) is 107 Å². The largest absolute Gasteiger partial charge is 0.508 e. The minimum Gasteiger partial charge on any atom is -0.508 e. The molecular formula is C19H20N4O3. The molecule has 4 N–H and O–H groups in total. The predicted octanol–water partition coefficient (Wildman–Crippen LogP) is 2.22. The number of benzene rings is 1. The van der Waals surface area contributed by atoms with Crippen LogP contribution in [0.25, 0.3) is 17.1 Å². The third-order valence-corrected chi connectivity index (χ3v) is 4.04. The summed E-state index contributed by atoms with van der Waals surface area (Å²) in [5.41, 5.74) is 3.32. The van der Waals surface area contributed by atoms with E-state index in [4.69, 9.17) is 0 Å². The lowest BCUT2D eigenvalue weighted by atomic mass is 10.1. The highest BCUT2D eigenvalue weighted by atomic mass is 16.3. The molecule has 1 amide bonds. The van der Waals surface area contributed by atoms with Crippen molar-refractivity contribution in [3.05, 3.63) is 53.5 Å². The molecule has 1 aromatic heterocycles. The average molecular weight is 352 g/mol. The highest BCUT2D eigenvalue weighted by Crippen LogP contribution is 2.33. The van der Waals surface area contributed by atoms with Crippen LogP contribution in [0.4, 0.5) is 0 Å². The van der Waals surface area contributed by atoms with E-state index in [2.05, 4.69) is 20.6 Å². The number of aromatic hydroxyl groups is 2. The molecule has 0 spiro atoms. The third-order valence-electron chi connectivity index (χ3n) is 4.04. The van der Waals surface area contributed by atoms with Crippen LogP contribution < -0.4 is 10.6 Å². The first-order valence-corrected chi connectivity index (χ1v) is 8.26. The molecular weight excluding hydrogens is 332 g/mol. The fourth-order valence-electron chi connectivity index (χ4n) is 2.83. The Morgan fingerprint density at radius 1 is 1.35 bits per heavy atom. The van der Waals surface area contributed by atoms with Gasteiger partial charge in [0.25, 0.3) is 0 Å². The van der Waals surface area contributed by atoms with Crippen molar-refractivity contribution in [3.8, 4) is 22.9 Å². The molecule has 1 aliphatic heterocycles. The number of aromatic nitrogens is 2. The van der Waals surface area contributed by atoms with Crippen molar-refractivity contribution in [2.75, 3.05) is 6.54 Å². The van der Waals surface area contributed by atoms with Crippen LogP contribution >= 0.6 is 0 Å². The summed E-state index contributed by atoms with van der Waals surface area (Å²) in [4.78, 5) is 20.3. The van der Waals surface area contributed by atoms with E-state index >= 15 is 0 Å². The van der Waals surface area contributed by atoms with E-state index in [-0.39, 0.29) is 17.4 Å². The maximum Gasteiger partial charge on any atom is 0.245 e. The lowest BCUT2D eigenvalue weighted by molar-refractivity contribution is -0.116. The van der Waals surface area contributed by atoms with Gasteiger partial charge >= 0.3 is 0 Å². The van der Waals surface area contributed by atoms with Crippen LogP contribution in [0, 0.1) is 6.92 Å². The van der Waals surface area contributed by atoms with Gasteiger partial charge in [-0.05, 0) is 31.5 Å². The molecule has 0 aliphatic carbocycles. The Hall–Kier alpha value is -3.35. The van der Waals surface area contributed by atoms with Gasteiger partial charge in [0.2, 0.25) is 5.91 Å². The van der Waals surface area contributed by atoms with Gasteiger partial charge in [0.1, 0.15) is 11.5 Å². The molecule has 26 heavy (non-hydrogen) atoms. The number of hydrogen-bond acceptors (Lipinski definition) is 6. The van der Waals surface area contributed by atoms with Crippen LogP contribution in [0.1, 0.15) is 24.6 Å². The second kappa shape index (κ2) is 7.26. The Balaban J connectivity index is 1.95. The number of nitrogens with one attached hydrogen (secondary N) is 2. The summed E-state index contributed by atoms with van der Waals surface area (Å²) in [5, 5.41) is 25.7. The van der Waals surface area contributed by atoms with Crippen molar-refractivity contribution >= 4 is 11.6 Å². The average Bonchev–Trinajstić information content (AvgIpc) is 2.59. The third kappa shape index (κ3) is 3.66. The number of carbonyl (C=O) groups is 1. The van der Waals surface area contributed by atoms with Crippen molar-refractivity contribution in [1.82, 2.24) is 20.6 Å². The minimum absolute atomic E-state index is 0.0155. The second-order valence-electron chi connectivity index (χ2n) is 5.96. The molecule has 0 radical (unpaired) electrons. The smallest absolute Gasteiger partial charge is 0.245 e. The van der Waals surface area contributed by atoms with Gasteiger partial charge in [0.05, 0.1) is 17.0 Å². The summed E-state index contributed by atoms with van der Waals surface area (Å²) in [7, 11) is 0. The van der Waals surface area contributed by atoms with Gasteiger partial charge in [0, 0.05) is 37.0 Å². The number of nitrogens with zero attached hydrogens (tertiary/aromatic N) is 2. The van der Waals surface area contributed by atoms with Crippen LogP contribution in [0.5, 0.6) is 11.5 Å². The monoisotopic (exact) mass is 352 g/mol. The lowest BCUT2D eigenvalue weighted by Crippen LogP contribution is -2.30. The van der Waals surface area contributed by atoms with Crippen molar-refractivity contribution < 1.29 is 15.0 Å². The van der Waals surface area contributed by atoms with Crippen molar-refractivity contribution in [3.63, 3.8) is 0 Å². The molecule has 0 fully saturated rings. The Bertz CT molecular complexity index is 896. The van der Waals surface area contributed by atoms with Crippen LogP contribution in [0.2, 0.25) is 0 Å². The maximum atomic E-state index is 11.5. The fraction of sp³-hybridized carbons (Fsp3) is 0.211. The number of amides is 1. The van der Waals surface area contributed by atoms with Crippen LogP contribution in [-0.2, 0) is 4.79 Å². The zero-order valence-corrected chi connectivity index (χ0v) is 14.6. The minimum atomic E-state index is -0.123. The molecule has 3 rings (SSSR count). The highest BCUT2D eigenvalue weighted by Gasteiger charge is 2.15. The Kier molecular flexibility index (Phi) is 4.88. The zero-order valence-electron chi connectivity index (χ0n) is 14.6. The predicted molar refractivity (Wildman–Crippen MR) is 98.0 cm³/mol. The molecule has 1 aromatic carbocycles.